The first-order chi connectivity index (χ1) is 12.2. The van der Waals surface area contributed by atoms with Crippen molar-refractivity contribution in [3.63, 3.8) is 0 Å². The van der Waals surface area contributed by atoms with Crippen molar-refractivity contribution < 1.29 is 14.3 Å². The highest BCUT2D eigenvalue weighted by Crippen LogP contribution is 2.20. The van der Waals surface area contributed by atoms with Crippen LogP contribution in [0.15, 0.2) is 60.7 Å². The van der Waals surface area contributed by atoms with Crippen LogP contribution in [0.2, 0.25) is 0 Å². The fourth-order valence-electron chi connectivity index (χ4n) is 2.97. The number of nitrogens with one attached hydrogen (secondary N) is 1. The monoisotopic (exact) mass is 338 g/mol. The quantitative estimate of drug-likeness (QED) is 0.922. The van der Waals surface area contributed by atoms with Gasteiger partial charge in [0.15, 0.2) is 0 Å². The number of nitrogens with zero attached hydrogens (tertiary/aromatic N) is 1. The number of likely N-dealkylation sites (tertiary alicyclic amines) is 1. The molecule has 130 valence electrons. The van der Waals surface area contributed by atoms with Gasteiger partial charge < -0.3 is 10.1 Å². The molecule has 3 rings (SSSR count). The third kappa shape index (κ3) is 4.59. The summed E-state index contributed by atoms with van der Waals surface area (Å²) in [4.78, 5) is 26.6. The second-order valence-electron chi connectivity index (χ2n) is 6.10. The number of hydrogen-bond acceptors (Lipinski definition) is 3. The van der Waals surface area contributed by atoms with Gasteiger partial charge in [-0.15, -0.1) is 0 Å². The fourth-order valence-corrected chi connectivity index (χ4v) is 2.97. The van der Waals surface area contributed by atoms with E-state index in [0.29, 0.717) is 13.0 Å². The summed E-state index contributed by atoms with van der Waals surface area (Å²) in [6, 6.07) is 18.3. The fraction of sp³-hybridized carbons (Fsp3) is 0.300. The van der Waals surface area contributed by atoms with E-state index in [9.17, 15) is 9.59 Å². The highest BCUT2D eigenvalue weighted by molar-refractivity contribution is 5.96. The van der Waals surface area contributed by atoms with E-state index >= 15 is 0 Å². The van der Waals surface area contributed by atoms with E-state index in [1.807, 2.05) is 60.7 Å². The zero-order valence-electron chi connectivity index (χ0n) is 14.1. The molecular formula is C20H22N2O3. The normalized spacial score (nSPS) is 17.0. The maximum atomic E-state index is 12.6. The van der Waals surface area contributed by atoms with Gasteiger partial charge in [0, 0.05) is 12.2 Å². The molecule has 1 saturated heterocycles. The molecule has 1 N–H and O–H groups in total. The van der Waals surface area contributed by atoms with Gasteiger partial charge in [-0.2, -0.15) is 0 Å². The molecule has 0 aromatic heterocycles. The van der Waals surface area contributed by atoms with Gasteiger partial charge in [-0.25, -0.2) is 4.79 Å². The maximum Gasteiger partial charge on any atom is 0.410 e. The predicted molar refractivity (Wildman–Crippen MR) is 96.0 cm³/mol. The van der Waals surface area contributed by atoms with Gasteiger partial charge in [-0.1, -0.05) is 48.5 Å². The highest BCUT2D eigenvalue weighted by Gasteiger charge is 2.33. The second-order valence-corrected chi connectivity index (χ2v) is 6.10. The standard InChI is InChI=1S/C20H22N2O3/c23-19(21-17-11-5-2-6-12-17)18-13-7-8-14-22(18)20(24)25-15-16-9-3-1-4-10-16/h1-6,9-12,18H,7-8,13-15H2,(H,21,23)/t18-/m1/s1. The molecule has 1 atom stereocenters. The molecule has 2 aromatic rings. The van der Waals surface area contributed by atoms with Crippen molar-refractivity contribution >= 4 is 17.7 Å². The van der Waals surface area contributed by atoms with Crippen LogP contribution in [-0.2, 0) is 16.1 Å². The second kappa shape index (κ2) is 8.33. The number of benzene rings is 2. The maximum absolute atomic E-state index is 12.6. The van der Waals surface area contributed by atoms with Crippen molar-refractivity contribution in [2.45, 2.75) is 31.9 Å². The predicted octanol–water partition coefficient (Wildman–Crippen LogP) is 3.82. The number of ether oxygens (including phenoxy) is 1. The molecule has 5 nitrogen and oxygen atoms in total. The molecule has 0 radical (unpaired) electrons. The Morgan fingerprint density at radius 1 is 1.00 bits per heavy atom. The van der Waals surface area contributed by atoms with E-state index in [-0.39, 0.29) is 12.5 Å². The SMILES string of the molecule is O=C(Nc1ccccc1)[C@H]1CCCCN1C(=O)OCc1ccccc1. The van der Waals surface area contributed by atoms with E-state index in [1.165, 1.54) is 0 Å². The van der Waals surface area contributed by atoms with E-state index in [2.05, 4.69) is 5.32 Å². The number of anilines is 1. The van der Waals surface area contributed by atoms with E-state index in [4.69, 9.17) is 4.74 Å². The van der Waals surface area contributed by atoms with Crippen LogP contribution >= 0.6 is 0 Å². The summed E-state index contributed by atoms with van der Waals surface area (Å²) in [5.41, 5.74) is 1.66. The van der Waals surface area contributed by atoms with Crippen LogP contribution in [-0.4, -0.2) is 29.5 Å². The third-order valence-electron chi connectivity index (χ3n) is 4.29. The smallest absolute Gasteiger partial charge is 0.410 e. The lowest BCUT2D eigenvalue weighted by Crippen LogP contribution is -2.50. The van der Waals surface area contributed by atoms with Gasteiger partial charge >= 0.3 is 6.09 Å². The Morgan fingerprint density at radius 2 is 1.68 bits per heavy atom. The summed E-state index contributed by atoms with van der Waals surface area (Å²) in [7, 11) is 0. The molecule has 0 spiro atoms. The van der Waals surface area contributed by atoms with Crippen LogP contribution < -0.4 is 5.32 Å². The summed E-state index contributed by atoms with van der Waals surface area (Å²) in [5, 5.41) is 2.88. The van der Waals surface area contributed by atoms with E-state index < -0.39 is 12.1 Å². The lowest BCUT2D eigenvalue weighted by Gasteiger charge is -2.33. The Balaban J connectivity index is 1.61. The topological polar surface area (TPSA) is 58.6 Å². The van der Waals surface area contributed by atoms with Crippen LogP contribution in [0.5, 0.6) is 0 Å². The van der Waals surface area contributed by atoms with Crippen LogP contribution in [0, 0.1) is 0 Å². The minimum absolute atomic E-state index is 0.164. The number of para-hydroxylation sites is 1. The Kier molecular flexibility index (Phi) is 5.67. The number of carbonyl (C=O) groups excluding carboxylic acids is 2. The summed E-state index contributed by atoms with van der Waals surface area (Å²) in [6.45, 7) is 0.754. The molecule has 25 heavy (non-hydrogen) atoms. The molecular weight excluding hydrogens is 316 g/mol. The molecule has 2 amide bonds. The van der Waals surface area contributed by atoms with Crippen molar-refractivity contribution in [1.29, 1.82) is 0 Å². The molecule has 1 aliphatic rings. The lowest BCUT2D eigenvalue weighted by atomic mass is 10.0. The van der Waals surface area contributed by atoms with Crippen LogP contribution in [0.1, 0.15) is 24.8 Å². The minimum Gasteiger partial charge on any atom is -0.445 e. The summed E-state index contributed by atoms with van der Waals surface area (Å²) in [5.74, 6) is -0.164. The molecule has 2 aromatic carbocycles. The molecule has 1 fully saturated rings. The van der Waals surface area contributed by atoms with Crippen molar-refractivity contribution in [1.82, 2.24) is 4.90 Å². The first-order valence-electron chi connectivity index (χ1n) is 8.57. The van der Waals surface area contributed by atoms with Gasteiger partial charge in [-0.05, 0) is 37.0 Å². The van der Waals surface area contributed by atoms with Crippen molar-refractivity contribution in [2.24, 2.45) is 0 Å². The van der Waals surface area contributed by atoms with Gasteiger partial charge in [0.1, 0.15) is 12.6 Å². The largest absolute Gasteiger partial charge is 0.445 e. The average molecular weight is 338 g/mol. The number of carbonyl (C=O) groups is 2. The Bertz CT molecular complexity index is 703. The van der Waals surface area contributed by atoms with Crippen molar-refractivity contribution in [3.8, 4) is 0 Å². The Labute approximate surface area is 147 Å². The first kappa shape index (κ1) is 17.0. The molecule has 0 bridgehead atoms. The number of piperidine rings is 1. The van der Waals surface area contributed by atoms with E-state index in [1.54, 1.807) is 4.90 Å². The molecule has 1 aliphatic heterocycles. The van der Waals surface area contributed by atoms with Crippen molar-refractivity contribution in [2.75, 3.05) is 11.9 Å². The molecule has 0 saturated carbocycles. The Morgan fingerprint density at radius 3 is 2.40 bits per heavy atom. The molecule has 0 aliphatic carbocycles. The number of hydrogen-bond donors (Lipinski definition) is 1. The van der Waals surface area contributed by atoms with Crippen molar-refractivity contribution in [3.05, 3.63) is 66.2 Å². The van der Waals surface area contributed by atoms with Crippen LogP contribution in [0.4, 0.5) is 10.5 Å². The summed E-state index contributed by atoms with van der Waals surface area (Å²) >= 11 is 0. The van der Waals surface area contributed by atoms with Gasteiger partial charge in [0.2, 0.25) is 5.91 Å². The van der Waals surface area contributed by atoms with Crippen LogP contribution in [0.3, 0.4) is 0 Å². The zero-order chi connectivity index (χ0) is 17.5. The molecule has 0 unspecified atom stereocenters. The van der Waals surface area contributed by atoms with Gasteiger partial charge in [0.05, 0.1) is 0 Å². The highest BCUT2D eigenvalue weighted by atomic mass is 16.6. The molecule has 5 heteroatoms. The molecule has 1 heterocycles. The lowest BCUT2D eigenvalue weighted by molar-refractivity contribution is -0.121. The minimum atomic E-state index is -0.489. The zero-order valence-corrected chi connectivity index (χ0v) is 14.1. The number of amides is 2. The first-order valence-corrected chi connectivity index (χ1v) is 8.57. The van der Waals surface area contributed by atoms with E-state index in [0.717, 1.165) is 24.1 Å². The Hall–Kier alpha value is -2.82. The van der Waals surface area contributed by atoms with Gasteiger partial charge in [0.25, 0.3) is 0 Å². The number of rotatable bonds is 4. The van der Waals surface area contributed by atoms with Crippen LogP contribution in [0.25, 0.3) is 0 Å². The average Bonchev–Trinajstić information content (AvgIpc) is 2.67. The van der Waals surface area contributed by atoms with Gasteiger partial charge in [-0.3, -0.25) is 9.69 Å². The summed E-state index contributed by atoms with van der Waals surface area (Å²) in [6.07, 6.45) is 2.03. The third-order valence-corrected chi connectivity index (χ3v) is 4.29. The summed E-state index contributed by atoms with van der Waals surface area (Å²) < 4.78 is 5.41.